The molecule has 0 radical (unpaired) electrons. The van der Waals surface area contributed by atoms with E-state index in [0.29, 0.717) is 24.3 Å². The minimum Gasteiger partial charge on any atom is -0.489 e. The molecule has 0 bridgehead atoms. The monoisotopic (exact) mass is 443 g/mol. The molecule has 1 amide bonds. The number of aryl methyl sites for hydroxylation is 2. The maximum Gasteiger partial charge on any atom is 0.270 e. The first-order valence-corrected chi connectivity index (χ1v) is 11.1. The SMILES string of the molecule is CCc1cc(COc2cc3c(cc2C)C(=O)N2c4ccccc4C[C@H]2CN3)cc([N+](=O)[O-])c1. The van der Waals surface area contributed by atoms with E-state index in [4.69, 9.17) is 4.74 Å². The number of rotatable bonds is 5. The average Bonchev–Trinajstić information content (AvgIpc) is 3.14. The van der Waals surface area contributed by atoms with E-state index in [2.05, 4.69) is 11.4 Å². The van der Waals surface area contributed by atoms with Gasteiger partial charge in [-0.3, -0.25) is 14.9 Å². The second-order valence-electron chi connectivity index (χ2n) is 8.61. The predicted octanol–water partition coefficient (Wildman–Crippen LogP) is 5.04. The van der Waals surface area contributed by atoms with Crippen LogP contribution in [0, 0.1) is 17.0 Å². The Morgan fingerprint density at radius 1 is 1.15 bits per heavy atom. The quantitative estimate of drug-likeness (QED) is 0.441. The highest BCUT2D eigenvalue weighted by Gasteiger charge is 2.37. The molecule has 0 fully saturated rings. The number of anilines is 2. The number of nitrogens with zero attached hydrogens (tertiary/aromatic N) is 2. The lowest BCUT2D eigenvalue weighted by molar-refractivity contribution is -0.385. The molecule has 168 valence electrons. The zero-order valence-electron chi connectivity index (χ0n) is 18.6. The van der Waals surface area contributed by atoms with E-state index >= 15 is 0 Å². The number of nitro groups is 1. The fourth-order valence-electron chi connectivity index (χ4n) is 4.72. The number of fused-ring (bicyclic) bond motifs is 4. The van der Waals surface area contributed by atoms with Gasteiger partial charge in [0.2, 0.25) is 0 Å². The van der Waals surface area contributed by atoms with E-state index < -0.39 is 0 Å². The lowest BCUT2D eigenvalue weighted by Gasteiger charge is -2.22. The third-order valence-corrected chi connectivity index (χ3v) is 6.42. The Labute approximate surface area is 192 Å². The predicted molar refractivity (Wildman–Crippen MR) is 127 cm³/mol. The number of hydrogen-bond donors (Lipinski definition) is 1. The first kappa shape index (κ1) is 21.0. The molecule has 3 aromatic carbocycles. The van der Waals surface area contributed by atoms with Crippen molar-refractivity contribution in [1.29, 1.82) is 0 Å². The maximum atomic E-state index is 13.5. The molecule has 33 heavy (non-hydrogen) atoms. The summed E-state index contributed by atoms with van der Waals surface area (Å²) in [7, 11) is 0. The molecule has 2 aliphatic heterocycles. The first-order chi connectivity index (χ1) is 15.9. The minimum absolute atomic E-state index is 0.00845. The van der Waals surface area contributed by atoms with Gasteiger partial charge in [-0.05, 0) is 54.2 Å². The molecule has 7 heteroatoms. The zero-order chi connectivity index (χ0) is 23.1. The van der Waals surface area contributed by atoms with Gasteiger partial charge in [-0.25, -0.2) is 0 Å². The van der Waals surface area contributed by atoms with Crippen LogP contribution in [0.15, 0.2) is 54.6 Å². The third-order valence-electron chi connectivity index (χ3n) is 6.42. The Morgan fingerprint density at radius 3 is 2.73 bits per heavy atom. The summed E-state index contributed by atoms with van der Waals surface area (Å²) in [6.07, 6.45) is 1.54. The number of para-hydroxylation sites is 1. The number of nitrogens with one attached hydrogen (secondary N) is 1. The molecule has 1 atom stereocenters. The topological polar surface area (TPSA) is 84.7 Å². The number of hydrogen-bond acceptors (Lipinski definition) is 5. The molecule has 7 nitrogen and oxygen atoms in total. The third kappa shape index (κ3) is 3.80. The van der Waals surface area contributed by atoms with E-state index in [0.717, 1.165) is 34.5 Å². The summed E-state index contributed by atoms with van der Waals surface area (Å²) >= 11 is 0. The Kier molecular flexibility index (Phi) is 5.24. The molecule has 2 aliphatic rings. The second kappa shape index (κ2) is 8.24. The Bertz CT molecular complexity index is 1270. The molecule has 0 saturated carbocycles. The number of carbonyl (C=O) groups excluding carboxylic acids is 1. The Hall–Kier alpha value is -3.87. The highest BCUT2D eigenvalue weighted by Crippen LogP contribution is 2.38. The number of carbonyl (C=O) groups is 1. The van der Waals surface area contributed by atoms with Gasteiger partial charge in [0.1, 0.15) is 12.4 Å². The van der Waals surface area contributed by atoms with Crippen LogP contribution in [0.5, 0.6) is 5.75 Å². The number of nitro benzene ring substituents is 1. The molecule has 0 spiro atoms. The van der Waals surface area contributed by atoms with Crippen molar-refractivity contribution in [3.8, 4) is 5.75 Å². The van der Waals surface area contributed by atoms with Crippen molar-refractivity contribution in [2.75, 3.05) is 16.8 Å². The molecular formula is C26H25N3O4. The zero-order valence-corrected chi connectivity index (χ0v) is 18.6. The number of benzene rings is 3. The van der Waals surface area contributed by atoms with E-state index in [1.54, 1.807) is 12.1 Å². The molecule has 0 aromatic heterocycles. The summed E-state index contributed by atoms with van der Waals surface area (Å²) in [6.45, 7) is 4.74. The van der Waals surface area contributed by atoms with Crippen molar-refractivity contribution < 1.29 is 14.5 Å². The molecule has 0 unspecified atom stereocenters. The fourth-order valence-corrected chi connectivity index (χ4v) is 4.72. The average molecular weight is 444 g/mol. The van der Waals surface area contributed by atoms with Gasteiger partial charge in [0.05, 0.1) is 22.2 Å². The van der Waals surface area contributed by atoms with E-state index in [9.17, 15) is 14.9 Å². The maximum absolute atomic E-state index is 13.5. The van der Waals surface area contributed by atoms with E-state index in [1.807, 2.05) is 55.1 Å². The molecular weight excluding hydrogens is 418 g/mol. The Morgan fingerprint density at radius 2 is 1.94 bits per heavy atom. The lowest BCUT2D eigenvalue weighted by atomic mass is 10.1. The van der Waals surface area contributed by atoms with Crippen LogP contribution in [0.1, 0.15) is 39.5 Å². The minimum atomic E-state index is -0.379. The standard InChI is InChI=1S/C26H25N3O4/c1-3-17-9-18(11-20(10-17)29(31)32)15-33-25-13-23-22(8-16(25)2)26(30)28-21(14-27-23)12-19-6-4-5-7-24(19)28/h4-11,13,21,27H,3,12,14-15H2,1-2H3/t21-/m0/s1. The summed E-state index contributed by atoms with van der Waals surface area (Å²) in [5.74, 6) is 0.645. The summed E-state index contributed by atoms with van der Waals surface area (Å²) < 4.78 is 6.06. The number of ether oxygens (including phenoxy) is 1. The number of amides is 1. The van der Waals surface area contributed by atoms with Crippen molar-refractivity contribution in [2.45, 2.75) is 39.3 Å². The van der Waals surface area contributed by atoms with E-state index in [1.165, 1.54) is 5.56 Å². The molecule has 0 saturated heterocycles. The van der Waals surface area contributed by atoms with Crippen molar-refractivity contribution in [2.24, 2.45) is 0 Å². The van der Waals surface area contributed by atoms with Crippen LogP contribution < -0.4 is 15.0 Å². The normalized spacial score (nSPS) is 16.4. The molecule has 0 aliphatic carbocycles. The van der Waals surface area contributed by atoms with Gasteiger partial charge in [-0.2, -0.15) is 0 Å². The van der Waals surface area contributed by atoms with Crippen molar-refractivity contribution >= 4 is 23.0 Å². The van der Waals surface area contributed by atoms with Crippen LogP contribution in [-0.2, 0) is 19.4 Å². The highest BCUT2D eigenvalue weighted by molar-refractivity contribution is 6.12. The Balaban J connectivity index is 1.42. The van der Waals surface area contributed by atoms with Gasteiger partial charge in [-0.15, -0.1) is 0 Å². The van der Waals surface area contributed by atoms with Gasteiger partial charge in [0, 0.05) is 30.4 Å². The van der Waals surface area contributed by atoms with Gasteiger partial charge < -0.3 is 15.0 Å². The first-order valence-electron chi connectivity index (χ1n) is 11.1. The van der Waals surface area contributed by atoms with Gasteiger partial charge >= 0.3 is 0 Å². The van der Waals surface area contributed by atoms with Crippen LogP contribution in [-0.4, -0.2) is 23.4 Å². The lowest BCUT2D eigenvalue weighted by Crippen LogP contribution is -2.39. The smallest absolute Gasteiger partial charge is 0.270 e. The van der Waals surface area contributed by atoms with Crippen molar-refractivity contribution in [3.63, 3.8) is 0 Å². The van der Waals surface area contributed by atoms with Crippen LogP contribution in [0.2, 0.25) is 0 Å². The van der Waals surface area contributed by atoms with Gasteiger partial charge in [0.25, 0.3) is 11.6 Å². The summed E-state index contributed by atoms with van der Waals surface area (Å²) in [5, 5.41) is 14.7. The van der Waals surface area contributed by atoms with Crippen LogP contribution in [0.4, 0.5) is 17.1 Å². The molecule has 5 rings (SSSR count). The van der Waals surface area contributed by atoms with Crippen molar-refractivity contribution in [1.82, 2.24) is 0 Å². The van der Waals surface area contributed by atoms with Gasteiger partial charge in [-0.1, -0.05) is 31.2 Å². The largest absolute Gasteiger partial charge is 0.489 e. The van der Waals surface area contributed by atoms with Crippen LogP contribution in [0.25, 0.3) is 0 Å². The summed E-state index contributed by atoms with van der Waals surface area (Å²) in [5.41, 5.74) is 6.11. The van der Waals surface area contributed by atoms with Crippen molar-refractivity contribution in [3.05, 3.63) is 92.5 Å². The van der Waals surface area contributed by atoms with Crippen LogP contribution in [0.3, 0.4) is 0 Å². The summed E-state index contributed by atoms with van der Waals surface area (Å²) in [6, 6.07) is 16.9. The van der Waals surface area contributed by atoms with Gasteiger partial charge in [0.15, 0.2) is 0 Å². The molecule has 1 N–H and O–H groups in total. The number of non-ortho nitro benzene ring substituents is 1. The fraction of sp³-hybridized carbons (Fsp3) is 0.269. The van der Waals surface area contributed by atoms with Crippen LogP contribution >= 0.6 is 0 Å². The summed E-state index contributed by atoms with van der Waals surface area (Å²) in [4.78, 5) is 26.3. The van der Waals surface area contributed by atoms with E-state index in [-0.39, 0.29) is 29.2 Å². The molecule has 2 heterocycles. The highest BCUT2D eigenvalue weighted by atomic mass is 16.6. The second-order valence-corrected chi connectivity index (χ2v) is 8.61. The molecule has 3 aromatic rings.